The highest BCUT2D eigenvalue weighted by Gasteiger charge is 2.51. The molecule has 0 N–H and O–H groups in total. The highest BCUT2D eigenvalue weighted by atomic mass is 14.5. The Morgan fingerprint density at radius 2 is 0.554 bits per heavy atom. The van der Waals surface area contributed by atoms with Gasteiger partial charge < -0.3 is 0 Å². The van der Waals surface area contributed by atoms with Gasteiger partial charge in [0.25, 0.3) is 0 Å². The summed E-state index contributed by atoms with van der Waals surface area (Å²) in [7, 11) is 0. The predicted octanol–water partition coefficient (Wildman–Crippen LogP) is 17.3. The van der Waals surface area contributed by atoms with Crippen molar-refractivity contribution in [2.75, 3.05) is 0 Å². The molecule has 12 aromatic rings. The van der Waals surface area contributed by atoms with Crippen molar-refractivity contribution < 1.29 is 0 Å². The van der Waals surface area contributed by atoms with E-state index in [1.54, 1.807) is 0 Å². The number of hydrogen-bond donors (Lipinski definition) is 0. The Kier molecular flexibility index (Phi) is 7.71. The summed E-state index contributed by atoms with van der Waals surface area (Å²) in [4.78, 5) is 0. The van der Waals surface area contributed by atoms with Gasteiger partial charge in [0.1, 0.15) is 0 Å². The van der Waals surface area contributed by atoms with Crippen LogP contribution in [0, 0.1) is 0 Å². The van der Waals surface area contributed by atoms with Crippen molar-refractivity contribution in [3.8, 4) is 66.8 Å². The van der Waals surface area contributed by atoms with E-state index in [2.05, 4.69) is 243 Å². The van der Waals surface area contributed by atoms with Crippen LogP contribution in [0.2, 0.25) is 0 Å². The minimum Gasteiger partial charge on any atom is -0.0619 e. The maximum Gasteiger partial charge on any atom is 0.0725 e. The van der Waals surface area contributed by atoms with E-state index in [1.165, 1.54) is 132 Å². The van der Waals surface area contributed by atoms with Crippen molar-refractivity contribution in [1.29, 1.82) is 0 Å². The summed E-state index contributed by atoms with van der Waals surface area (Å²) in [6, 6.07) is 91.1. The molecule has 14 rings (SSSR count). The molecule has 2 aliphatic rings. The maximum absolute atomic E-state index is 2.59. The van der Waals surface area contributed by atoms with Crippen LogP contribution in [0.3, 0.4) is 0 Å². The van der Waals surface area contributed by atoms with Gasteiger partial charge in [-0.05, 0) is 156 Å². The molecule has 0 amide bonds. The first kappa shape index (κ1) is 36.2. The standard InChI is InChI=1S/C65H40/c1-3-15-47-37-49(35-29-41(47)13-1)43-25-31-45(32-26-43)63-54-20-5-6-21-55(54)64(46-33-27-44(28-34-46)50-36-30-42-14-2-4-16-48(42)38-50)58-40-62-56(39-57(58)63)53-19-9-12-24-61(53)65(62)59-22-10-7-17-51(59)52-18-8-11-23-60(52)65/h1-40H. The number of fused-ring (bicyclic) bond motifs is 14. The zero-order valence-electron chi connectivity index (χ0n) is 35.6. The molecule has 12 aromatic carbocycles. The fourth-order valence-corrected chi connectivity index (χ4v) is 11.8. The third-order valence-electron chi connectivity index (χ3n) is 14.7. The van der Waals surface area contributed by atoms with Crippen LogP contribution in [-0.4, -0.2) is 0 Å². The van der Waals surface area contributed by atoms with E-state index >= 15 is 0 Å². The Morgan fingerprint density at radius 1 is 0.200 bits per heavy atom. The molecule has 0 atom stereocenters. The van der Waals surface area contributed by atoms with Crippen LogP contribution in [0.5, 0.6) is 0 Å². The van der Waals surface area contributed by atoms with Gasteiger partial charge in [-0.2, -0.15) is 0 Å². The summed E-state index contributed by atoms with van der Waals surface area (Å²) in [6.07, 6.45) is 0. The van der Waals surface area contributed by atoms with Crippen LogP contribution < -0.4 is 0 Å². The topological polar surface area (TPSA) is 0 Å². The lowest BCUT2D eigenvalue weighted by Gasteiger charge is -2.31. The molecule has 0 nitrogen and oxygen atoms in total. The van der Waals surface area contributed by atoms with Crippen molar-refractivity contribution in [1.82, 2.24) is 0 Å². The van der Waals surface area contributed by atoms with Gasteiger partial charge in [0.15, 0.2) is 0 Å². The molecule has 2 aliphatic carbocycles. The van der Waals surface area contributed by atoms with Crippen LogP contribution in [0.15, 0.2) is 243 Å². The zero-order chi connectivity index (χ0) is 42.6. The third-order valence-corrected chi connectivity index (χ3v) is 14.7. The molecular formula is C65H40. The van der Waals surface area contributed by atoms with Gasteiger partial charge in [-0.25, -0.2) is 0 Å². The summed E-state index contributed by atoms with van der Waals surface area (Å²) in [5, 5.41) is 10.1. The second kappa shape index (κ2) is 13.8. The first-order valence-electron chi connectivity index (χ1n) is 22.7. The van der Waals surface area contributed by atoms with Gasteiger partial charge in [-0.15, -0.1) is 0 Å². The quantitative estimate of drug-likeness (QED) is 0.155. The molecule has 0 saturated heterocycles. The van der Waals surface area contributed by atoms with Crippen molar-refractivity contribution >= 4 is 43.1 Å². The lowest BCUT2D eigenvalue weighted by atomic mass is 9.70. The van der Waals surface area contributed by atoms with Crippen molar-refractivity contribution in [2.45, 2.75) is 5.41 Å². The molecule has 0 heterocycles. The predicted molar refractivity (Wildman–Crippen MR) is 275 cm³/mol. The molecular weight excluding hydrogens is 781 g/mol. The van der Waals surface area contributed by atoms with E-state index in [4.69, 9.17) is 0 Å². The van der Waals surface area contributed by atoms with Gasteiger partial charge in [0.05, 0.1) is 5.41 Å². The molecule has 0 fully saturated rings. The van der Waals surface area contributed by atoms with Crippen LogP contribution in [0.25, 0.3) is 110 Å². The summed E-state index contributed by atoms with van der Waals surface area (Å²) in [5.41, 5.74) is 20.1. The SMILES string of the molecule is c1ccc2c(c1)-c1ccccc1C21c2ccccc2-c2cc3c(-c4ccc(-c5ccc6ccccc6c5)cc4)c4ccccc4c(-c4ccc(-c5ccc6ccccc6c5)cc4)c3cc21. The number of rotatable bonds is 4. The van der Waals surface area contributed by atoms with Crippen LogP contribution in [0.4, 0.5) is 0 Å². The molecule has 0 aromatic heterocycles. The van der Waals surface area contributed by atoms with Crippen LogP contribution >= 0.6 is 0 Å². The Bertz CT molecular complexity index is 3880. The van der Waals surface area contributed by atoms with Crippen molar-refractivity contribution in [2.24, 2.45) is 0 Å². The number of hydrogen-bond acceptors (Lipinski definition) is 0. The molecule has 0 saturated carbocycles. The maximum atomic E-state index is 2.59. The first-order valence-corrected chi connectivity index (χ1v) is 22.7. The molecule has 1 spiro atoms. The van der Waals surface area contributed by atoms with E-state index in [0.717, 1.165) is 0 Å². The van der Waals surface area contributed by atoms with E-state index in [-0.39, 0.29) is 0 Å². The second-order valence-electron chi connectivity index (χ2n) is 17.9. The van der Waals surface area contributed by atoms with Gasteiger partial charge in [-0.1, -0.05) is 218 Å². The van der Waals surface area contributed by atoms with E-state index < -0.39 is 5.41 Å². The Labute approximate surface area is 378 Å². The molecule has 0 bridgehead atoms. The highest BCUT2D eigenvalue weighted by molar-refractivity contribution is 6.23. The average molecular weight is 821 g/mol. The zero-order valence-corrected chi connectivity index (χ0v) is 35.6. The van der Waals surface area contributed by atoms with E-state index in [1.807, 2.05) is 0 Å². The molecule has 0 heteroatoms. The smallest absolute Gasteiger partial charge is 0.0619 e. The Balaban J connectivity index is 1.05. The van der Waals surface area contributed by atoms with Crippen molar-refractivity contribution in [3.05, 3.63) is 265 Å². The van der Waals surface area contributed by atoms with E-state index in [0.29, 0.717) is 0 Å². The minimum absolute atomic E-state index is 0.447. The van der Waals surface area contributed by atoms with Gasteiger partial charge in [-0.3, -0.25) is 0 Å². The molecule has 0 aliphatic heterocycles. The summed E-state index contributed by atoms with van der Waals surface area (Å²) < 4.78 is 0. The monoisotopic (exact) mass is 820 g/mol. The lowest BCUT2D eigenvalue weighted by Crippen LogP contribution is -2.25. The Morgan fingerprint density at radius 3 is 1.03 bits per heavy atom. The molecule has 300 valence electrons. The summed E-state index contributed by atoms with van der Waals surface area (Å²) >= 11 is 0. The van der Waals surface area contributed by atoms with Crippen LogP contribution in [0.1, 0.15) is 22.3 Å². The summed E-state index contributed by atoms with van der Waals surface area (Å²) in [6.45, 7) is 0. The normalized spacial score (nSPS) is 13.0. The van der Waals surface area contributed by atoms with Gasteiger partial charge >= 0.3 is 0 Å². The van der Waals surface area contributed by atoms with Gasteiger partial charge in [0, 0.05) is 0 Å². The van der Waals surface area contributed by atoms with E-state index in [9.17, 15) is 0 Å². The van der Waals surface area contributed by atoms with Crippen molar-refractivity contribution in [3.63, 3.8) is 0 Å². The van der Waals surface area contributed by atoms with Crippen LogP contribution in [-0.2, 0) is 5.41 Å². The summed E-state index contributed by atoms with van der Waals surface area (Å²) in [5.74, 6) is 0. The second-order valence-corrected chi connectivity index (χ2v) is 17.9. The minimum atomic E-state index is -0.447. The first-order chi connectivity index (χ1) is 32.2. The third kappa shape index (κ3) is 5.20. The van der Waals surface area contributed by atoms with Gasteiger partial charge in [0.2, 0.25) is 0 Å². The largest absolute Gasteiger partial charge is 0.0725 e. The number of benzene rings is 12. The molecule has 0 radical (unpaired) electrons. The molecule has 65 heavy (non-hydrogen) atoms. The fourth-order valence-electron chi connectivity index (χ4n) is 11.8. The Hall–Kier alpha value is -8.32. The molecule has 0 unspecified atom stereocenters. The fraction of sp³-hybridized carbons (Fsp3) is 0.0154. The average Bonchev–Trinajstić information content (AvgIpc) is 3.84. The highest BCUT2D eigenvalue weighted by Crippen LogP contribution is 2.64. The lowest BCUT2D eigenvalue weighted by molar-refractivity contribution is 0.795.